The lowest BCUT2D eigenvalue weighted by atomic mass is 10.1. The number of sulfone groups is 1. The maximum Gasteiger partial charge on any atom is 0.191 e. The first-order valence-electron chi connectivity index (χ1n) is 9.75. The molecule has 0 bridgehead atoms. The van der Waals surface area contributed by atoms with E-state index in [9.17, 15) is 12.8 Å². The zero-order valence-corrected chi connectivity index (χ0v) is 18.6. The summed E-state index contributed by atoms with van der Waals surface area (Å²) in [5.41, 5.74) is 4.04. The average molecular weight is 444 g/mol. The molecule has 0 aliphatic rings. The van der Waals surface area contributed by atoms with E-state index in [2.05, 4.69) is 20.7 Å². The highest BCUT2D eigenvalue weighted by Gasteiger charge is 2.12. The third kappa shape index (κ3) is 6.39. The van der Waals surface area contributed by atoms with Gasteiger partial charge in [0, 0.05) is 32.6 Å². The molecule has 0 saturated heterocycles. The van der Waals surface area contributed by atoms with Gasteiger partial charge >= 0.3 is 0 Å². The molecule has 3 rings (SSSR count). The maximum absolute atomic E-state index is 13.7. The summed E-state index contributed by atoms with van der Waals surface area (Å²) in [5.74, 6) is -0.0473. The van der Waals surface area contributed by atoms with Crippen LogP contribution in [0.3, 0.4) is 0 Å². The Kier molecular flexibility index (Phi) is 7.06. The van der Waals surface area contributed by atoms with Gasteiger partial charge in [-0.2, -0.15) is 5.10 Å². The Bertz CT molecular complexity index is 1190. The van der Waals surface area contributed by atoms with Crippen molar-refractivity contribution in [2.45, 2.75) is 25.8 Å². The summed E-state index contributed by atoms with van der Waals surface area (Å²) in [6.45, 7) is 2.67. The highest BCUT2D eigenvalue weighted by atomic mass is 32.2. The van der Waals surface area contributed by atoms with E-state index in [4.69, 9.17) is 0 Å². The van der Waals surface area contributed by atoms with Gasteiger partial charge in [-0.25, -0.2) is 17.5 Å². The number of halogens is 1. The van der Waals surface area contributed by atoms with Gasteiger partial charge in [-0.05, 0) is 47.9 Å². The highest BCUT2D eigenvalue weighted by Crippen LogP contribution is 2.15. The number of aliphatic imine (C=N–C) groups is 1. The smallest absolute Gasteiger partial charge is 0.191 e. The van der Waals surface area contributed by atoms with Gasteiger partial charge in [0.2, 0.25) is 0 Å². The maximum atomic E-state index is 13.7. The molecule has 2 N–H and O–H groups in total. The summed E-state index contributed by atoms with van der Waals surface area (Å²) < 4.78 is 38.9. The predicted molar refractivity (Wildman–Crippen MR) is 120 cm³/mol. The SMILES string of the molecule is CN=C(NCc1cc(F)ccc1CS(C)(=O)=O)NCc1ccccc1-n1ccc(C)n1. The fourth-order valence-electron chi connectivity index (χ4n) is 3.19. The van der Waals surface area contributed by atoms with Crippen LogP contribution in [-0.2, 0) is 28.7 Å². The second kappa shape index (κ2) is 9.74. The Morgan fingerprint density at radius 2 is 1.77 bits per heavy atom. The van der Waals surface area contributed by atoms with Crippen LogP contribution in [0.4, 0.5) is 4.39 Å². The van der Waals surface area contributed by atoms with Gasteiger partial charge < -0.3 is 10.6 Å². The van der Waals surface area contributed by atoms with E-state index in [0.29, 0.717) is 23.6 Å². The number of para-hydroxylation sites is 1. The minimum Gasteiger partial charge on any atom is -0.352 e. The van der Waals surface area contributed by atoms with Crippen molar-refractivity contribution in [3.05, 3.63) is 82.9 Å². The van der Waals surface area contributed by atoms with Crippen LogP contribution in [-0.4, -0.2) is 37.5 Å². The first-order valence-corrected chi connectivity index (χ1v) is 11.8. The first kappa shape index (κ1) is 22.5. The van der Waals surface area contributed by atoms with Crippen molar-refractivity contribution in [1.82, 2.24) is 20.4 Å². The minimum atomic E-state index is -3.24. The van der Waals surface area contributed by atoms with Crippen molar-refractivity contribution in [2.75, 3.05) is 13.3 Å². The topological polar surface area (TPSA) is 88.4 Å². The van der Waals surface area contributed by atoms with Gasteiger partial charge in [-0.3, -0.25) is 4.99 Å². The van der Waals surface area contributed by atoms with Crippen molar-refractivity contribution in [1.29, 1.82) is 0 Å². The molecule has 164 valence electrons. The lowest BCUT2D eigenvalue weighted by molar-refractivity contribution is 0.599. The molecular formula is C22H26FN5O2S. The number of guanidine groups is 1. The number of nitrogens with zero attached hydrogens (tertiary/aromatic N) is 3. The van der Waals surface area contributed by atoms with Gasteiger partial charge in [0.15, 0.2) is 15.8 Å². The molecule has 0 unspecified atom stereocenters. The molecule has 7 nitrogen and oxygen atoms in total. The van der Waals surface area contributed by atoms with Crippen molar-refractivity contribution in [2.24, 2.45) is 4.99 Å². The summed E-state index contributed by atoms with van der Waals surface area (Å²) in [7, 11) is -1.60. The van der Waals surface area contributed by atoms with Crippen LogP contribution >= 0.6 is 0 Å². The molecule has 9 heteroatoms. The van der Waals surface area contributed by atoms with Gasteiger partial charge in [-0.15, -0.1) is 0 Å². The number of nitrogens with one attached hydrogen (secondary N) is 2. The quantitative estimate of drug-likeness (QED) is 0.433. The van der Waals surface area contributed by atoms with Crippen molar-refractivity contribution < 1.29 is 12.8 Å². The molecule has 0 amide bonds. The van der Waals surface area contributed by atoms with Crippen LogP contribution in [0, 0.1) is 12.7 Å². The number of aryl methyl sites for hydroxylation is 1. The van der Waals surface area contributed by atoms with E-state index >= 15 is 0 Å². The Labute approximate surface area is 181 Å². The number of hydrogen-bond donors (Lipinski definition) is 2. The highest BCUT2D eigenvalue weighted by molar-refractivity contribution is 7.89. The number of rotatable bonds is 7. The molecule has 0 saturated carbocycles. The number of hydrogen-bond acceptors (Lipinski definition) is 4. The van der Waals surface area contributed by atoms with Crippen molar-refractivity contribution >= 4 is 15.8 Å². The lowest BCUT2D eigenvalue weighted by Gasteiger charge is -2.16. The first-order chi connectivity index (χ1) is 14.7. The third-order valence-corrected chi connectivity index (χ3v) is 5.50. The van der Waals surface area contributed by atoms with E-state index < -0.39 is 15.7 Å². The molecule has 1 aromatic heterocycles. The summed E-state index contributed by atoms with van der Waals surface area (Å²) in [6.07, 6.45) is 3.07. The van der Waals surface area contributed by atoms with E-state index in [1.807, 2.05) is 48.1 Å². The molecule has 0 atom stereocenters. The lowest BCUT2D eigenvalue weighted by Crippen LogP contribution is -2.36. The van der Waals surface area contributed by atoms with Gasteiger partial charge in [-0.1, -0.05) is 24.3 Å². The van der Waals surface area contributed by atoms with Crippen LogP contribution in [0.5, 0.6) is 0 Å². The molecule has 1 heterocycles. The Morgan fingerprint density at radius 3 is 2.42 bits per heavy atom. The Hall–Kier alpha value is -3.20. The van der Waals surface area contributed by atoms with Crippen LogP contribution in [0.25, 0.3) is 5.69 Å². The van der Waals surface area contributed by atoms with Gasteiger partial charge in [0.1, 0.15) is 5.82 Å². The van der Waals surface area contributed by atoms with Crippen molar-refractivity contribution in [3.63, 3.8) is 0 Å². The molecular weight excluding hydrogens is 417 g/mol. The number of benzene rings is 2. The molecule has 2 aromatic carbocycles. The minimum absolute atomic E-state index is 0.146. The Balaban J connectivity index is 1.69. The second-order valence-corrected chi connectivity index (χ2v) is 9.43. The second-order valence-electron chi connectivity index (χ2n) is 7.29. The monoisotopic (exact) mass is 443 g/mol. The number of aromatic nitrogens is 2. The Morgan fingerprint density at radius 1 is 1.06 bits per heavy atom. The summed E-state index contributed by atoms with van der Waals surface area (Å²) in [5, 5.41) is 10.8. The molecule has 31 heavy (non-hydrogen) atoms. The molecule has 0 fully saturated rings. The zero-order valence-electron chi connectivity index (χ0n) is 17.8. The standard InChI is InChI=1S/C22H26FN5O2S/c1-16-10-11-28(27-16)21-7-5-4-6-17(21)13-25-22(24-2)26-14-19-12-20(23)9-8-18(19)15-31(3,29)30/h4-12H,13-15H2,1-3H3,(H2,24,25,26). The van der Waals surface area contributed by atoms with E-state index in [1.165, 1.54) is 18.2 Å². The zero-order chi connectivity index (χ0) is 22.4. The van der Waals surface area contributed by atoms with E-state index in [-0.39, 0.29) is 12.3 Å². The summed E-state index contributed by atoms with van der Waals surface area (Å²) in [4.78, 5) is 4.21. The molecule has 3 aromatic rings. The van der Waals surface area contributed by atoms with Crippen LogP contribution in [0.1, 0.15) is 22.4 Å². The third-order valence-electron chi connectivity index (χ3n) is 4.66. The van der Waals surface area contributed by atoms with E-state index in [1.54, 1.807) is 7.05 Å². The fraction of sp³-hybridized carbons (Fsp3) is 0.273. The fourth-order valence-corrected chi connectivity index (χ4v) is 4.04. The normalized spacial score (nSPS) is 12.1. The average Bonchev–Trinajstić information content (AvgIpc) is 3.15. The molecule has 0 radical (unpaired) electrons. The van der Waals surface area contributed by atoms with Crippen molar-refractivity contribution in [3.8, 4) is 5.69 Å². The van der Waals surface area contributed by atoms with Crippen LogP contribution < -0.4 is 10.6 Å². The van der Waals surface area contributed by atoms with Crippen LogP contribution in [0.15, 0.2) is 59.7 Å². The summed E-state index contributed by atoms with van der Waals surface area (Å²) >= 11 is 0. The van der Waals surface area contributed by atoms with Crippen LogP contribution in [0.2, 0.25) is 0 Å². The van der Waals surface area contributed by atoms with Gasteiger partial charge in [0.05, 0.1) is 17.1 Å². The molecule has 0 aliphatic carbocycles. The largest absolute Gasteiger partial charge is 0.352 e. The van der Waals surface area contributed by atoms with Gasteiger partial charge in [0.25, 0.3) is 0 Å². The molecule has 0 spiro atoms. The molecule has 0 aliphatic heterocycles. The predicted octanol–water partition coefficient (Wildman–Crippen LogP) is 2.73. The van der Waals surface area contributed by atoms with E-state index in [0.717, 1.165) is 23.2 Å². The summed E-state index contributed by atoms with van der Waals surface area (Å²) in [6, 6.07) is 14.0.